The summed E-state index contributed by atoms with van der Waals surface area (Å²) in [5, 5.41) is 16.4. The number of imidazole rings is 1. The number of fused-ring (bicyclic) bond motifs is 1. The van der Waals surface area contributed by atoms with Crippen LogP contribution in [0.2, 0.25) is 0 Å². The van der Waals surface area contributed by atoms with Crippen molar-refractivity contribution in [3.05, 3.63) is 53.5 Å². The average Bonchev–Trinajstić information content (AvgIpc) is 2.93. The van der Waals surface area contributed by atoms with E-state index in [1.54, 1.807) is 24.8 Å². The third-order valence-corrected chi connectivity index (χ3v) is 2.89. The van der Waals surface area contributed by atoms with E-state index < -0.39 is 0 Å². The fraction of sp³-hybridized carbons (Fsp3) is 0.0769. The van der Waals surface area contributed by atoms with Gasteiger partial charge >= 0.3 is 0 Å². The molecule has 0 aliphatic rings. The fourth-order valence-corrected chi connectivity index (χ4v) is 1.92. The van der Waals surface area contributed by atoms with Crippen molar-refractivity contribution < 1.29 is 0 Å². The van der Waals surface area contributed by atoms with Gasteiger partial charge in [-0.3, -0.25) is 5.41 Å². The summed E-state index contributed by atoms with van der Waals surface area (Å²) in [5.41, 5.74) is 3.19. The van der Waals surface area contributed by atoms with Crippen LogP contribution in [-0.4, -0.2) is 19.5 Å². The smallest absolute Gasteiger partial charge is 0.173 e. The van der Waals surface area contributed by atoms with Gasteiger partial charge < -0.3 is 9.55 Å². The molecule has 0 spiro atoms. The summed E-state index contributed by atoms with van der Waals surface area (Å²) < 4.78 is 1.87. The molecule has 1 aromatic carbocycles. The number of H-pyrrole nitrogens is 1. The molecule has 2 heterocycles. The predicted molar refractivity (Wildman–Crippen MR) is 68.0 cm³/mol. The average molecular weight is 250 g/mol. The molecule has 3 rings (SSSR count). The van der Waals surface area contributed by atoms with E-state index >= 15 is 0 Å². The Kier molecular flexibility index (Phi) is 2.58. The Morgan fingerprint density at radius 2 is 2.05 bits per heavy atom. The van der Waals surface area contributed by atoms with Crippen LogP contribution in [0.15, 0.2) is 36.9 Å². The zero-order valence-corrected chi connectivity index (χ0v) is 9.96. The number of nitrogens with one attached hydrogen (secondary N) is 2. The highest BCUT2D eigenvalue weighted by molar-refractivity contribution is 5.68. The monoisotopic (exact) mass is 250 g/mol. The molecule has 0 bridgehead atoms. The normalized spacial score (nSPS) is 10.5. The van der Waals surface area contributed by atoms with Crippen LogP contribution < -0.4 is 5.49 Å². The van der Waals surface area contributed by atoms with E-state index in [1.165, 1.54) is 0 Å². The molecule has 6 heteroatoms. The van der Waals surface area contributed by atoms with Crippen LogP contribution in [0.5, 0.6) is 0 Å². The molecule has 0 aliphatic heterocycles. The third kappa shape index (κ3) is 1.98. The van der Waals surface area contributed by atoms with E-state index in [0.29, 0.717) is 23.3 Å². The molecule has 0 atom stereocenters. The van der Waals surface area contributed by atoms with Gasteiger partial charge in [-0.1, -0.05) is 12.1 Å². The number of nitrogens with zero attached hydrogens (tertiary/aromatic N) is 4. The highest BCUT2D eigenvalue weighted by Crippen LogP contribution is 2.09. The number of aromatic amines is 1. The van der Waals surface area contributed by atoms with Crippen LogP contribution in [0.4, 0.5) is 0 Å². The number of benzene rings is 1. The third-order valence-electron chi connectivity index (χ3n) is 2.89. The van der Waals surface area contributed by atoms with Crippen molar-refractivity contribution in [2.45, 2.75) is 6.54 Å². The Labute approximate surface area is 108 Å². The summed E-state index contributed by atoms with van der Waals surface area (Å²) in [6.07, 6.45) is 3.16. The minimum atomic E-state index is 0.184. The zero-order valence-electron chi connectivity index (χ0n) is 9.96. The van der Waals surface area contributed by atoms with E-state index in [-0.39, 0.29) is 5.49 Å². The van der Waals surface area contributed by atoms with Gasteiger partial charge in [0.15, 0.2) is 11.1 Å². The first-order valence-corrected chi connectivity index (χ1v) is 5.70. The summed E-state index contributed by atoms with van der Waals surface area (Å²) in [5.74, 6) is 0. The fourth-order valence-electron chi connectivity index (χ4n) is 1.92. The molecule has 2 aromatic heterocycles. The Bertz CT molecular complexity index is 819. The number of rotatable bonds is 2. The van der Waals surface area contributed by atoms with Crippen molar-refractivity contribution in [3.8, 4) is 6.07 Å². The molecule has 0 aliphatic carbocycles. The van der Waals surface area contributed by atoms with Crippen LogP contribution in [0.25, 0.3) is 11.2 Å². The van der Waals surface area contributed by atoms with Crippen molar-refractivity contribution in [1.82, 2.24) is 19.5 Å². The van der Waals surface area contributed by atoms with Crippen LogP contribution in [0, 0.1) is 16.7 Å². The SMILES string of the molecule is N#Cc1ccc(Cn2cnc(=N)c3[nH]cnc32)cc1. The molecular weight excluding hydrogens is 240 g/mol. The highest BCUT2D eigenvalue weighted by Gasteiger charge is 2.04. The molecule has 92 valence electrons. The Morgan fingerprint density at radius 1 is 1.26 bits per heavy atom. The van der Waals surface area contributed by atoms with Gasteiger partial charge in [0, 0.05) is 0 Å². The van der Waals surface area contributed by atoms with Crippen molar-refractivity contribution in [3.63, 3.8) is 0 Å². The molecule has 0 saturated heterocycles. The van der Waals surface area contributed by atoms with Crippen LogP contribution in [-0.2, 0) is 6.54 Å². The second-order valence-electron chi connectivity index (χ2n) is 4.13. The lowest BCUT2D eigenvalue weighted by Crippen LogP contribution is -2.13. The van der Waals surface area contributed by atoms with Gasteiger partial charge in [0.25, 0.3) is 0 Å². The standard InChI is InChI=1S/C13H10N6/c14-5-9-1-3-10(4-2-9)6-19-8-18-12(15)11-13(19)17-7-16-11/h1-4,7-8,15H,6H2,(H,16,17). The molecule has 0 unspecified atom stereocenters. The van der Waals surface area contributed by atoms with Crippen LogP contribution >= 0.6 is 0 Å². The van der Waals surface area contributed by atoms with Gasteiger partial charge in [-0.15, -0.1) is 0 Å². The quantitative estimate of drug-likeness (QED) is 0.714. The summed E-state index contributed by atoms with van der Waals surface area (Å²) in [6.45, 7) is 0.598. The number of hydrogen-bond donors (Lipinski definition) is 2. The molecular formula is C13H10N6. The lowest BCUT2D eigenvalue weighted by molar-refractivity contribution is 0.783. The molecule has 6 nitrogen and oxygen atoms in total. The minimum Gasteiger partial charge on any atom is -0.340 e. The van der Waals surface area contributed by atoms with Crippen LogP contribution in [0.3, 0.4) is 0 Å². The van der Waals surface area contributed by atoms with Crippen molar-refractivity contribution in [2.75, 3.05) is 0 Å². The summed E-state index contributed by atoms with van der Waals surface area (Å²) in [7, 11) is 0. The highest BCUT2D eigenvalue weighted by atomic mass is 15.1. The first-order chi connectivity index (χ1) is 9.28. The second kappa shape index (κ2) is 4.38. The van der Waals surface area contributed by atoms with Gasteiger partial charge in [-0.05, 0) is 17.7 Å². The van der Waals surface area contributed by atoms with Crippen molar-refractivity contribution in [2.24, 2.45) is 0 Å². The van der Waals surface area contributed by atoms with E-state index in [4.69, 9.17) is 10.7 Å². The maximum Gasteiger partial charge on any atom is 0.173 e. The molecule has 19 heavy (non-hydrogen) atoms. The van der Waals surface area contributed by atoms with Gasteiger partial charge in [0.05, 0.1) is 30.8 Å². The zero-order chi connectivity index (χ0) is 13.2. The van der Waals surface area contributed by atoms with Gasteiger partial charge in [-0.2, -0.15) is 5.26 Å². The van der Waals surface area contributed by atoms with E-state index in [0.717, 1.165) is 5.56 Å². The lowest BCUT2D eigenvalue weighted by Gasteiger charge is -2.07. The van der Waals surface area contributed by atoms with Gasteiger partial charge in [0.2, 0.25) is 0 Å². The second-order valence-corrected chi connectivity index (χ2v) is 4.13. The first kappa shape index (κ1) is 11.2. The maximum absolute atomic E-state index is 8.76. The lowest BCUT2D eigenvalue weighted by atomic mass is 10.1. The van der Waals surface area contributed by atoms with Gasteiger partial charge in [-0.25, -0.2) is 9.97 Å². The molecule has 0 fully saturated rings. The number of nitriles is 1. The maximum atomic E-state index is 8.76. The summed E-state index contributed by atoms with van der Waals surface area (Å²) in [6, 6.07) is 9.46. The van der Waals surface area contributed by atoms with Crippen molar-refractivity contribution in [1.29, 1.82) is 10.7 Å². The molecule has 0 amide bonds. The van der Waals surface area contributed by atoms with Crippen LogP contribution in [0.1, 0.15) is 11.1 Å². The Morgan fingerprint density at radius 3 is 2.79 bits per heavy atom. The summed E-state index contributed by atoms with van der Waals surface area (Å²) in [4.78, 5) is 11.1. The van der Waals surface area contributed by atoms with E-state index in [9.17, 15) is 0 Å². The number of hydrogen-bond acceptors (Lipinski definition) is 4. The Balaban J connectivity index is 2.01. The molecule has 2 N–H and O–H groups in total. The molecule has 0 radical (unpaired) electrons. The van der Waals surface area contributed by atoms with E-state index in [2.05, 4.69) is 21.0 Å². The number of aromatic nitrogens is 4. The minimum absolute atomic E-state index is 0.184. The first-order valence-electron chi connectivity index (χ1n) is 5.70. The largest absolute Gasteiger partial charge is 0.340 e. The van der Waals surface area contributed by atoms with Gasteiger partial charge in [0.1, 0.15) is 5.52 Å². The van der Waals surface area contributed by atoms with E-state index in [1.807, 2.05) is 16.7 Å². The molecule has 3 aromatic rings. The predicted octanol–water partition coefficient (Wildman–Crippen LogP) is 1.16. The summed E-state index contributed by atoms with van der Waals surface area (Å²) >= 11 is 0. The Hall–Kier alpha value is -2.94. The van der Waals surface area contributed by atoms with Crippen molar-refractivity contribution >= 4 is 11.2 Å². The topological polar surface area (TPSA) is 94.1 Å². The molecule has 0 saturated carbocycles.